The number of ether oxygens (including phenoxy) is 2. The predicted octanol–water partition coefficient (Wildman–Crippen LogP) is 11.1. The fraction of sp³-hybridized carbons (Fsp3) is 0.545. The van der Waals surface area contributed by atoms with Crippen LogP contribution in [0.25, 0.3) is 0 Å². The number of rotatable bonds is 35. The molecule has 10 heteroatoms. The van der Waals surface area contributed by atoms with Crippen molar-refractivity contribution >= 4 is 19.8 Å². The molecule has 9 nitrogen and oxygen atoms in total. The predicted molar refractivity (Wildman–Crippen MR) is 224 cm³/mol. The molecule has 0 spiro atoms. The number of likely N-dealkylation sites (N-methyl/N-ethyl adjacent to an activating group) is 1. The molecule has 0 aromatic rings. The van der Waals surface area contributed by atoms with Gasteiger partial charge < -0.3 is 19.7 Å². The van der Waals surface area contributed by atoms with Gasteiger partial charge in [-0.2, -0.15) is 0 Å². The third-order valence-electron chi connectivity index (χ3n) is 7.39. The van der Waals surface area contributed by atoms with Gasteiger partial charge in [0, 0.05) is 19.4 Å². The summed E-state index contributed by atoms with van der Waals surface area (Å²) in [7, 11) is -2.70. The van der Waals surface area contributed by atoms with E-state index in [1.54, 1.807) is 7.05 Å². The van der Waals surface area contributed by atoms with Crippen molar-refractivity contribution in [1.29, 1.82) is 0 Å². The number of carbonyl (C=O) groups is 2. The third kappa shape index (κ3) is 38.4. The van der Waals surface area contributed by atoms with Crippen molar-refractivity contribution in [1.82, 2.24) is 5.32 Å². The van der Waals surface area contributed by atoms with Gasteiger partial charge >= 0.3 is 19.8 Å². The lowest BCUT2D eigenvalue weighted by Gasteiger charge is -2.20. The van der Waals surface area contributed by atoms with E-state index < -0.39 is 32.5 Å². The summed E-state index contributed by atoms with van der Waals surface area (Å²) in [6.45, 7) is 3.84. The first kappa shape index (κ1) is 50.7. The number of phosphoric acid groups is 1. The molecule has 0 aliphatic heterocycles. The maximum absolute atomic E-state index is 12.6. The number of phosphoric ester groups is 1. The Balaban J connectivity index is 4.48. The molecule has 0 heterocycles. The van der Waals surface area contributed by atoms with Crippen molar-refractivity contribution in [2.45, 2.75) is 123 Å². The second kappa shape index (κ2) is 39.4. The largest absolute Gasteiger partial charge is 0.472 e. The standard InChI is InChI=1S/C44H70NO8P/c1-4-6-8-10-12-14-16-18-20-21-23-25-27-29-31-33-35-37-44(47)53-42(41-52-54(48,49)51-39-38-45-3)40-50-43(46)36-34-32-30-28-26-24-22-19-17-15-13-11-9-7-5-2/h6-9,12-15,18-20,22-23,25-26,28-29,31,42,45H,4-5,10-11,16-17,21,24,27,30,32-41H2,1-3H3,(H,48,49)/b8-6-,9-7-,14-12-,15-13-,20-18-,22-19-,25-23-,28-26-,31-29-. The Morgan fingerprint density at radius 3 is 1.46 bits per heavy atom. The van der Waals surface area contributed by atoms with Gasteiger partial charge in [-0.05, 0) is 96.9 Å². The molecule has 0 rings (SSSR count). The molecule has 0 aliphatic carbocycles. The molecule has 0 saturated carbocycles. The maximum atomic E-state index is 12.6. The zero-order valence-corrected chi connectivity index (χ0v) is 34.3. The monoisotopic (exact) mass is 771 g/mol. The topological polar surface area (TPSA) is 120 Å². The Morgan fingerprint density at radius 1 is 0.574 bits per heavy atom. The summed E-state index contributed by atoms with van der Waals surface area (Å²) in [5.41, 5.74) is 0. The summed E-state index contributed by atoms with van der Waals surface area (Å²) in [5, 5.41) is 2.81. The Bertz CT molecular complexity index is 1240. The number of nitrogens with one attached hydrogen (secondary N) is 1. The lowest BCUT2D eigenvalue weighted by atomic mass is 10.2. The van der Waals surface area contributed by atoms with E-state index in [1.807, 2.05) is 6.08 Å². The van der Waals surface area contributed by atoms with E-state index in [2.05, 4.69) is 122 Å². The third-order valence-corrected chi connectivity index (χ3v) is 8.37. The summed E-state index contributed by atoms with van der Waals surface area (Å²) in [5.74, 6) is -0.939. The molecule has 0 bridgehead atoms. The van der Waals surface area contributed by atoms with Crippen LogP contribution in [0.4, 0.5) is 0 Å². The van der Waals surface area contributed by atoms with Crippen LogP contribution in [0.1, 0.15) is 117 Å². The van der Waals surface area contributed by atoms with Gasteiger partial charge in [-0.3, -0.25) is 18.6 Å². The molecule has 54 heavy (non-hydrogen) atoms. The van der Waals surface area contributed by atoms with Crippen LogP contribution >= 0.6 is 7.82 Å². The molecule has 0 amide bonds. The normalized spacial score (nSPS) is 14.5. The number of hydrogen-bond acceptors (Lipinski definition) is 8. The maximum Gasteiger partial charge on any atom is 0.472 e. The summed E-state index contributed by atoms with van der Waals surface area (Å²) >= 11 is 0. The van der Waals surface area contributed by atoms with Gasteiger partial charge in [-0.15, -0.1) is 0 Å². The molecule has 2 atom stereocenters. The zero-order chi connectivity index (χ0) is 39.6. The second-order valence-corrected chi connectivity index (χ2v) is 13.8. The average molecular weight is 772 g/mol. The van der Waals surface area contributed by atoms with E-state index in [-0.39, 0.29) is 26.1 Å². The number of esters is 2. The van der Waals surface area contributed by atoms with E-state index >= 15 is 0 Å². The highest BCUT2D eigenvalue weighted by Crippen LogP contribution is 2.43. The molecule has 2 unspecified atom stereocenters. The SMILES string of the molecule is CC/C=C\C/C=C\C/C=C\C/C=C\C/C=C\CCCC(=O)OC(COC(=O)CCCC/C=C\C/C=C\C/C=C\C/C=C\CC)COP(=O)(O)OCCNC. The molecular formula is C44H70NO8P. The molecule has 0 saturated heterocycles. The fourth-order valence-corrected chi connectivity index (χ4v) is 5.21. The van der Waals surface area contributed by atoms with Gasteiger partial charge in [-0.1, -0.05) is 123 Å². The van der Waals surface area contributed by atoms with Gasteiger partial charge in [0.1, 0.15) is 6.61 Å². The van der Waals surface area contributed by atoms with Gasteiger partial charge in [-0.25, -0.2) is 4.57 Å². The van der Waals surface area contributed by atoms with Crippen molar-refractivity contribution in [2.75, 3.05) is 33.4 Å². The first-order valence-electron chi connectivity index (χ1n) is 19.8. The Kier molecular flexibility index (Phi) is 36.9. The van der Waals surface area contributed by atoms with Crippen LogP contribution in [0.3, 0.4) is 0 Å². The van der Waals surface area contributed by atoms with Crippen molar-refractivity contribution in [3.63, 3.8) is 0 Å². The van der Waals surface area contributed by atoms with Crippen molar-refractivity contribution in [3.05, 3.63) is 109 Å². The summed E-state index contributed by atoms with van der Waals surface area (Å²) in [4.78, 5) is 34.9. The highest BCUT2D eigenvalue weighted by molar-refractivity contribution is 7.47. The average Bonchev–Trinajstić information content (AvgIpc) is 3.15. The van der Waals surface area contributed by atoms with E-state index in [1.165, 1.54) is 0 Å². The number of hydrogen-bond donors (Lipinski definition) is 2. The quantitative estimate of drug-likeness (QED) is 0.0281. The second-order valence-electron chi connectivity index (χ2n) is 12.3. The lowest BCUT2D eigenvalue weighted by Crippen LogP contribution is -2.29. The van der Waals surface area contributed by atoms with E-state index in [0.717, 1.165) is 70.6 Å². The van der Waals surface area contributed by atoms with Gasteiger partial charge in [0.15, 0.2) is 6.10 Å². The van der Waals surface area contributed by atoms with E-state index in [4.69, 9.17) is 18.5 Å². The highest BCUT2D eigenvalue weighted by Gasteiger charge is 2.26. The Labute approximate surface area is 327 Å². The first-order valence-corrected chi connectivity index (χ1v) is 21.3. The van der Waals surface area contributed by atoms with E-state index in [0.29, 0.717) is 25.8 Å². The lowest BCUT2D eigenvalue weighted by molar-refractivity contribution is -0.161. The summed E-state index contributed by atoms with van der Waals surface area (Å²) in [6, 6.07) is 0. The van der Waals surface area contributed by atoms with Crippen molar-refractivity contribution < 1.29 is 37.6 Å². The minimum atomic E-state index is -4.38. The van der Waals surface area contributed by atoms with E-state index in [9.17, 15) is 19.0 Å². The van der Waals surface area contributed by atoms with Crippen LogP contribution in [-0.2, 0) is 32.7 Å². The molecule has 0 aromatic carbocycles. The van der Waals surface area contributed by atoms with Crippen LogP contribution < -0.4 is 5.32 Å². The number of carbonyl (C=O) groups excluding carboxylic acids is 2. The molecule has 0 aliphatic rings. The van der Waals surface area contributed by atoms with Gasteiger partial charge in [0.25, 0.3) is 0 Å². The zero-order valence-electron chi connectivity index (χ0n) is 33.4. The van der Waals surface area contributed by atoms with Crippen LogP contribution in [0.5, 0.6) is 0 Å². The van der Waals surface area contributed by atoms with Crippen LogP contribution in [0.15, 0.2) is 109 Å². The summed E-state index contributed by atoms with van der Waals surface area (Å²) in [6.07, 6.45) is 50.0. The van der Waals surface area contributed by atoms with Crippen LogP contribution in [0, 0.1) is 0 Å². The number of allylic oxidation sites excluding steroid dienone is 18. The Hall–Kier alpha value is -3.33. The van der Waals surface area contributed by atoms with Gasteiger partial charge in [0.05, 0.1) is 13.2 Å². The smallest absolute Gasteiger partial charge is 0.462 e. The summed E-state index contributed by atoms with van der Waals surface area (Å²) < 4.78 is 33.0. The van der Waals surface area contributed by atoms with Gasteiger partial charge in [0.2, 0.25) is 0 Å². The van der Waals surface area contributed by atoms with Crippen molar-refractivity contribution in [3.8, 4) is 0 Å². The molecule has 304 valence electrons. The molecule has 0 fully saturated rings. The molecule has 0 aromatic heterocycles. The first-order chi connectivity index (χ1) is 26.3. The molecule has 2 N–H and O–H groups in total. The Morgan fingerprint density at radius 2 is 1.00 bits per heavy atom. The van der Waals surface area contributed by atoms with Crippen molar-refractivity contribution in [2.24, 2.45) is 0 Å². The minimum absolute atomic E-state index is 0.0412. The van der Waals surface area contributed by atoms with Crippen LogP contribution in [-0.4, -0.2) is 56.3 Å². The molecule has 0 radical (unpaired) electrons. The minimum Gasteiger partial charge on any atom is -0.462 e. The van der Waals surface area contributed by atoms with Crippen LogP contribution in [0.2, 0.25) is 0 Å². The highest BCUT2D eigenvalue weighted by atomic mass is 31.2. The molecular weight excluding hydrogens is 701 g/mol. The number of unbranched alkanes of at least 4 members (excludes halogenated alkanes) is 3. The fourth-order valence-electron chi connectivity index (χ4n) is 4.46.